The van der Waals surface area contributed by atoms with Crippen LogP contribution in [0.4, 0.5) is 0 Å². The molecule has 0 saturated carbocycles. The van der Waals surface area contributed by atoms with Gasteiger partial charge in [0, 0.05) is 10.9 Å². The molecule has 1 aliphatic rings. The molecule has 0 fully saturated rings. The van der Waals surface area contributed by atoms with E-state index in [-0.39, 0.29) is 5.90 Å². The van der Waals surface area contributed by atoms with Gasteiger partial charge in [0.1, 0.15) is 5.92 Å². The Morgan fingerprint density at radius 2 is 1.92 bits per heavy atom. The number of aromatic amines is 1. The van der Waals surface area contributed by atoms with Gasteiger partial charge < -0.3 is 4.74 Å². The average Bonchev–Trinajstić information content (AvgIpc) is 3.05. The first-order chi connectivity index (χ1) is 12.6. The fraction of sp³-hybridized carbons (Fsp3) is 0.150. The lowest BCUT2D eigenvalue weighted by Crippen LogP contribution is -2.31. The molecule has 128 valence electrons. The predicted octanol–water partition coefficient (Wildman–Crippen LogP) is 4.68. The topological polar surface area (TPSA) is 85.5 Å². The van der Waals surface area contributed by atoms with Gasteiger partial charge in [-0.3, -0.25) is 10.5 Å². The maximum atomic E-state index is 9.70. The maximum Gasteiger partial charge on any atom is 0.244 e. The van der Waals surface area contributed by atoms with Crippen LogP contribution in [-0.4, -0.2) is 16.1 Å². The van der Waals surface area contributed by atoms with E-state index in [1.807, 2.05) is 49.4 Å². The lowest BCUT2D eigenvalue weighted by Gasteiger charge is -2.28. The number of hydrogen-bond acceptors (Lipinski definition) is 4. The summed E-state index contributed by atoms with van der Waals surface area (Å²) >= 11 is 6.43. The summed E-state index contributed by atoms with van der Waals surface area (Å²) in [5, 5.41) is 25.6. The summed E-state index contributed by atoms with van der Waals surface area (Å²) in [6.07, 6.45) is 0. The number of halogens is 1. The summed E-state index contributed by atoms with van der Waals surface area (Å²) in [6, 6.07) is 17.6. The van der Waals surface area contributed by atoms with Crippen LogP contribution in [0.1, 0.15) is 22.6 Å². The van der Waals surface area contributed by atoms with Gasteiger partial charge in [-0.15, -0.1) is 5.10 Å². The van der Waals surface area contributed by atoms with Gasteiger partial charge in [0.15, 0.2) is 0 Å². The Labute approximate surface area is 155 Å². The number of nitrogens with zero attached hydrogens (tertiary/aromatic N) is 2. The molecule has 6 heteroatoms. The molecule has 2 N–H and O–H groups in total. The maximum absolute atomic E-state index is 9.70. The van der Waals surface area contributed by atoms with Crippen molar-refractivity contribution in [1.29, 1.82) is 10.7 Å². The number of rotatable bonds is 2. The van der Waals surface area contributed by atoms with E-state index in [2.05, 4.69) is 16.3 Å². The fourth-order valence-corrected chi connectivity index (χ4v) is 3.58. The molecule has 26 heavy (non-hydrogen) atoms. The summed E-state index contributed by atoms with van der Waals surface area (Å²) in [5.41, 5.74) is 4.40. The number of nitriles is 1. The minimum absolute atomic E-state index is 0.119. The summed E-state index contributed by atoms with van der Waals surface area (Å²) in [4.78, 5) is 0. The normalized spacial score (nSPS) is 18.7. The number of aryl methyl sites for hydroxylation is 1. The van der Waals surface area contributed by atoms with Gasteiger partial charge in [0.2, 0.25) is 11.8 Å². The van der Waals surface area contributed by atoms with E-state index >= 15 is 0 Å². The Kier molecular flexibility index (Phi) is 3.98. The van der Waals surface area contributed by atoms with Crippen molar-refractivity contribution in [2.45, 2.75) is 12.8 Å². The quantitative estimate of drug-likeness (QED) is 0.694. The molecule has 4 rings (SSSR count). The van der Waals surface area contributed by atoms with Crippen LogP contribution in [0.15, 0.2) is 48.5 Å². The van der Waals surface area contributed by atoms with Crippen LogP contribution >= 0.6 is 11.6 Å². The zero-order chi connectivity index (χ0) is 18.3. The Morgan fingerprint density at radius 3 is 2.62 bits per heavy atom. The van der Waals surface area contributed by atoms with Gasteiger partial charge >= 0.3 is 0 Å². The van der Waals surface area contributed by atoms with Crippen molar-refractivity contribution in [3.05, 3.63) is 70.2 Å². The molecule has 2 atom stereocenters. The van der Waals surface area contributed by atoms with Crippen molar-refractivity contribution in [2.24, 2.45) is 5.92 Å². The third-order valence-electron chi connectivity index (χ3n) is 4.62. The largest absolute Gasteiger partial charge is 0.422 e. The van der Waals surface area contributed by atoms with Crippen LogP contribution < -0.4 is 4.74 Å². The summed E-state index contributed by atoms with van der Waals surface area (Å²) < 4.78 is 5.53. The molecule has 0 spiro atoms. The van der Waals surface area contributed by atoms with Crippen molar-refractivity contribution >= 4 is 17.5 Å². The number of ether oxygens (including phenoxy) is 1. The van der Waals surface area contributed by atoms with Gasteiger partial charge in [-0.1, -0.05) is 59.6 Å². The second-order valence-electron chi connectivity index (χ2n) is 6.26. The van der Waals surface area contributed by atoms with Crippen molar-refractivity contribution < 1.29 is 4.74 Å². The molecule has 5 nitrogen and oxygen atoms in total. The zero-order valence-electron chi connectivity index (χ0n) is 14.0. The molecule has 1 aromatic heterocycles. The first kappa shape index (κ1) is 16.4. The molecule has 0 aliphatic carbocycles. The Bertz CT molecular complexity index is 1030. The van der Waals surface area contributed by atoms with Crippen molar-refractivity contribution in [1.82, 2.24) is 10.2 Å². The molecule has 0 radical (unpaired) electrons. The monoisotopic (exact) mass is 362 g/mol. The molecular formula is C20H15ClN4O. The molecule has 3 aromatic rings. The number of fused-ring (bicyclic) bond motifs is 1. The molecule has 0 bridgehead atoms. The standard InChI is InChI=1S/C20H15ClN4O/c1-11-6-8-12(9-7-11)18-17-16(13-4-2-3-5-15(13)21)14(10-22)19(23)26-20(17)25-24-18/h2-9,14,16,23H,1H3,(H,24,25). The van der Waals surface area contributed by atoms with Gasteiger partial charge in [-0.25, -0.2) is 0 Å². The van der Waals surface area contributed by atoms with E-state index in [1.165, 1.54) is 0 Å². The molecule has 0 saturated heterocycles. The van der Waals surface area contributed by atoms with E-state index in [0.29, 0.717) is 10.9 Å². The van der Waals surface area contributed by atoms with Crippen LogP contribution in [0.2, 0.25) is 5.02 Å². The van der Waals surface area contributed by atoms with Crippen LogP contribution in [0.25, 0.3) is 11.3 Å². The summed E-state index contributed by atoms with van der Waals surface area (Å²) in [6.45, 7) is 2.02. The molecule has 1 aliphatic heterocycles. The third kappa shape index (κ3) is 2.56. The van der Waals surface area contributed by atoms with E-state index in [9.17, 15) is 5.26 Å². The fourth-order valence-electron chi connectivity index (χ4n) is 3.32. The highest BCUT2D eigenvalue weighted by Crippen LogP contribution is 2.47. The Balaban J connectivity index is 1.96. The van der Waals surface area contributed by atoms with Crippen molar-refractivity contribution in [3.63, 3.8) is 0 Å². The first-order valence-electron chi connectivity index (χ1n) is 8.15. The predicted molar refractivity (Wildman–Crippen MR) is 99.5 cm³/mol. The van der Waals surface area contributed by atoms with Crippen LogP contribution in [-0.2, 0) is 0 Å². The number of benzene rings is 2. The molecule has 0 amide bonds. The van der Waals surface area contributed by atoms with Crippen molar-refractivity contribution in [3.8, 4) is 23.2 Å². The second-order valence-corrected chi connectivity index (χ2v) is 6.66. The SMILES string of the molecule is Cc1ccc(-c2[nH]nc3c2C(c2ccccc2Cl)C(C#N)C(=N)O3)cc1. The molecule has 2 aromatic carbocycles. The van der Waals surface area contributed by atoms with E-state index in [1.54, 1.807) is 6.07 Å². The minimum atomic E-state index is -0.774. The lowest BCUT2D eigenvalue weighted by molar-refractivity contribution is 0.437. The van der Waals surface area contributed by atoms with Crippen LogP contribution in [0, 0.1) is 29.6 Å². The smallest absolute Gasteiger partial charge is 0.244 e. The number of aromatic nitrogens is 2. The van der Waals surface area contributed by atoms with Crippen molar-refractivity contribution in [2.75, 3.05) is 0 Å². The van der Waals surface area contributed by atoms with Gasteiger partial charge in [-0.2, -0.15) is 5.26 Å². The van der Waals surface area contributed by atoms with E-state index in [4.69, 9.17) is 21.7 Å². The van der Waals surface area contributed by atoms with Gasteiger partial charge in [0.25, 0.3) is 0 Å². The third-order valence-corrected chi connectivity index (χ3v) is 4.97. The first-order valence-corrected chi connectivity index (χ1v) is 8.53. The molecular weight excluding hydrogens is 348 g/mol. The highest BCUT2D eigenvalue weighted by atomic mass is 35.5. The Hall–Kier alpha value is -3.10. The highest BCUT2D eigenvalue weighted by molar-refractivity contribution is 6.31. The lowest BCUT2D eigenvalue weighted by atomic mass is 9.79. The minimum Gasteiger partial charge on any atom is -0.422 e. The zero-order valence-corrected chi connectivity index (χ0v) is 14.7. The molecule has 2 heterocycles. The highest BCUT2D eigenvalue weighted by Gasteiger charge is 2.41. The van der Waals surface area contributed by atoms with Crippen LogP contribution in [0.3, 0.4) is 0 Å². The number of nitrogens with one attached hydrogen (secondary N) is 2. The van der Waals surface area contributed by atoms with Gasteiger partial charge in [-0.05, 0) is 24.1 Å². The second kappa shape index (κ2) is 6.32. The number of hydrogen-bond donors (Lipinski definition) is 2. The number of H-pyrrole nitrogens is 1. The summed E-state index contributed by atoms with van der Waals surface area (Å²) in [7, 11) is 0. The average molecular weight is 363 g/mol. The van der Waals surface area contributed by atoms with Crippen LogP contribution in [0.5, 0.6) is 5.88 Å². The Morgan fingerprint density at radius 1 is 1.19 bits per heavy atom. The van der Waals surface area contributed by atoms with Gasteiger partial charge in [0.05, 0.1) is 17.3 Å². The summed E-state index contributed by atoms with van der Waals surface area (Å²) in [5.74, 6) is -1.00. The molecule has 2 unspecified atom stereocenters. The van der Waals surface area contributed by atoms with E-state index in [0.717, 1.165) is 27.9 Å². The van der Waals surface area contributed by atoms with E-state index < -0.39 is 11.8 Å².